The van der Waals surface area contributed by atoms with Crippen molar-refractivity contribution in [3.63, 3.8) is 0 Å². The third-order valence-electron chi connectivity index (χ3n) is 1.44. The van der Waals surface area contributed by atoms with Gasteiger partial charge in [-0.2, -0.15) is 13.2 Å². The molecule has 0 heterocycles. The summed E-state index contributed by atoms with van der Waals surface area (Å²) in [6.45, 7) is 1.02. The van der Waals surface area contributed by atoms with E-state index >= 15 is 0 Å². The molecule has 0 aromatic heterocycles. The predicted molar refractivity (Wildman–Crippen MR) is 43.8 cm³/mol. The molecule has 0 bridgehead atoms. The van der Waals surface area contributed by atoms with Crippen molar-refractivity contribution in [2.24, 2.45) is 0 Å². The van der Waals surface area contributed by atoms with Gasteiger partial charge in [0.15, 0.2) is 5.75 Å². The SMILES string of the molecule is CC(=O)OOc1ccccc1C(F)(F)F. The number of hydrogen-bond acceptors (Lipinski definition) is 3. The lowest BCUT2D eigenvalue weighted by Crippen LogP contribution is -2.10. The van der Waals surface area contributed by atoms with Crippen molar-refractivity contribution in [3.05, 3.63) is 29.8 Å². The average Bonchev–Trinajstić information content (AvgIpc) is 2.13. The van der Waals surface area contributed by atoms with Crippen LogP contribution in [0.2, 0.25) is 0 Å². The van der Waals surface area contributed by atoms with Gasteiger partial charge in [-0.25, -0.2) is 4.79 Å². The van der Waals surface area contributed by atoms with Crippen LogP contribution in [0.15, 0.2) is 24.3 Å². The minimum Gasteiger partial charge on any atom is -0.286 e. The second-order valence-corrected chi connectivity index (χ2v) is 2.65. The molecule has 0 unspecified atom stereocenters. The van der Waals surface area contributed by atoms with Crippen molar-refractivity contribution in [1.29, 1.82) is 0 Å². The van der Waals surface area contributed by atoms with Crippen LogP contribution in [-0.2, 0) is 15.9 Å². The monoisotopic (exact) mass is 220 g/mol. The largest absolute Gasteiger partial charge is 0.420 e. The van der Waals surface area contributed by atoms with Crippen molar-refractivity contribution in [1.82, 2.24) is 0 Å². The highest BCUT2D eigenvalue weighted by Gasteiger charge is 2.34. The van der Waals surface area contributed by atoms with Crippen LogP contribution in [0.4, 0.5) is 13.2 Å². The highest BCUT2D eigenvalue weighted by atomic mass is 19.4. The van der Waals surface area contributed by atoms with E-state index in [1.165, 1.54) is 12.1 Å². The minimum atomic E-state index is -4.54. The molecular formula is C9H7F3O3. The molecule has 0 saturated carbocycles. The van der Waals surface area contributed by atoms with Crippen molar-refractivity contribution < 1.29 is 27.7 Å². The second-order valence-electron chi connectivity index (χ2n) is 2.65. The number of para-hydroxylation sites is 1. The fraction of sp³-hybridized carbons (Fsp3) is 0.222. The molecule has 0 aliphatic heterocycles. The van der Waals surface area contributed by atoms with Crippen molar-refractivity contribution >= 4 is 5.97 Å². The molecule has 3 nitrogen and oxygen atoms in total. The molecule has 15 heavy (non-hydrogen) atoms. The number of carbonyl (C=O) groups is 1. The van der Waals surface area contributed by atoms with Gasteiger partial charge < -0.3 is 0 Å². The summed E-state index contributed by atoms with van der Waals surface area (Å²) in [6, 6.07) is 4.45. The van der Waals surface area contributed by atoms with Gasteiger partial charge in [0.25, 0.3) is 0 Å². The number of carbonyl (C=O) groups excluding carboxylic acids is 1. The molecule has 0 amide bonds. The third-order valence-corrected chi connectivity index (χ3v) is 1.44. The topological polar surface area (TPSA) is 35.5 Å². The summed E-state index contributed by atoms with van der Waals surface area (Å²) >= 11 is 0. The van der Waals surface area contributed by atoms with E-state index in [2.05, 4.69) is 9.78 Å². The summed E-state index contributed by atoms with van der Waals surface area (Å²) in [5.74, 6) is -1.37. The van der Waals surface area contributed by atoms with Crippen LogP contribution in [0.25, 0.3) is 0 Å². The van der Waals surface area contributed by atoms with E-state index in [4.69, 9.17) is 0 Å². The van der Waals surface area contributed by atoms with E-state index < -0.39 is 23.5 Å². The van der Waals surface area contributed by atoms with Crippen LogP contribution in [-0.4, -0.2) is 5.97 Å². The maximum absolute atomic E-state index is 12.4. The Labute approximate surface area is 83.3 Å². The molecule has 1 aromatic carbocycles. The second kappa shape index (κ2) is 4.20. The molecule has 1 aromatic rings. The summed E-state index contributed by atoms with van der Waals surface area (Å²) in [5.41, 5.74) is -0.994. The Morgan fingerprint density at radius 1 is 1.27 bits per heavy atom. The van der Waals surface area contributed by atoms with Crippen LogP contribution < -0.4 is 4.89 Å². The van der Waals surface area contributed by atoms with Gasteiger partial charge in [0.2, 0.25) is 0 Å². The van der Waals surface area contributed by atoms with Gasteiger partial charge in [0.05, 0.1) is 0 Å². The highest BCUT2D eigenvalue weighted by Crippen LogP contribution is 2.35. The highest BCUT2D eigenvalue weighted by molar-refractivity contribution is 5.65. The maximum Gasteiger partial charge on any atom is 0.420 e. The standard InChI is InChI=1S/C9H7F3O3/c1-6(13)14-15-8-5-3-2-4-7(8)9(10,11)12/h2-5H,1H3. The minimum absolute atomic E-state index is 0.541. The van der Waals surface area contributed by atoms with Gasteiger partial charge in [-0.3, -0.25) is 9.78 Å². The molecular weight excluding hydrogens is 213 g/mol. The average molecular weight is 220 g/mol. The van der Waals surface area contributed by atoms with E-state index in [0.717, 1.165) is 19.1 Å². The predicted octanol–water partition coefficient (Wildman–Crippen LogP) is 2.56. The lowest BCUT2D eigenvalue weighted by atomic mass is 10.2. The van der Waals surface area contributed by atoms with E-state index in [0.29, 0.717) is 0 Å². The lowest BCUT2D eigenvalue weighted by Gasteiger charge is -2.10. The summed E-state index contributed by atoms with van der Waals surface area (Å²) in [5, 5.41) is 0. The zero-order valence-electron chi connectivity index (χ0n) is 7.67. The zero-order chi connectivity index (χ0) is 11.5. The Hall–Kier alpha value is -1.72. The van der Waals surface area contributed by atoms with E-state index in [1.807, 2.05) is 0 Å². The van der Waals surface area contributed by atoms with Crippen LogP contribution in [0.1, 0.15) is 12.5 Å². The quantitative estimate of drug-likeness (QED) is 0.567. The Bertz CT molecular complexity index is 360. The first-order valence-electron chi connectivity index (χ1n) is 3.92. The molecule has 0 aliphatic rings. The van der Waals surface area contributed by atoms with Crippen LogP contribution in [0, 0.1) is 0 Å². The molecule has 0 atom stereocenters. The Morgan fingerprint density at radius 3 is 2.40 bits per heavy atom. The Morgan fingerprint density at radius 2 is 1.87 bits per heavy atom. The first-order chi connectivity index (χ1) is 6.91. The summed E-state index contributed by atoms with van der Waals surface area (Å²) in [7, 11) is 0. The van der Waals surface area contributed by atoms with E-state index in [1.54, 1.807) is 0 Å². The normalized spacial score (nSPS) is 10.9. The molecule has 0 aliphatic carbocycles. The van der Waals surface area contributed by atoms with Gasteiger partial charge in [0, 0.05) is 6.92 Å². The first kappa shape index (κ1) is 11.4. The van der Waals surface area contributed by atoms with E-state index in [9.17, 15) is 18.0 Å². The van der Waals surface area contributed by atoms with Crippen LogP contribution >= 0.6 is 0 Å². The molecule has 82 valence electrons. The first-order valence-corrected chi connectivity index (χ1v) is 3.92. The van der Waals surface area contributed by atoms with Gasteiger partial charge in [-0.15, -0.1) is 0 Å². The van der Waals surface area contributed by atoms with Crippen LogP contribution in [0.5, 0.6) is 5.75 Å². The molecule has 0 saturated heterocycles. The number of rotatable bonds is 2. The van der Waals surface area contributed by atoms with Crippen molar-refractivity contribution in [2.75, 3.05) is 0 Å². The molecule has 1 rings (SSSR count). The van der Waals surface area contributed by atoms with Gasteiger partial charge in [-0.05, 0) is 12.1 Å². The Kier molecular flexibility index (Phi) is 3.18. The maximum atomic E-state index is 12.4. The van der Waals surface area contributed by atoms with E-state index in [-0.39, 0.29) is 0 Å². The number of halogens is 3. The number of hydrogen-bond donors (Lipinski definition) is 0. The van der Waals surface area contributed by atoms with Gasteiger partial charge in [0.1, 0.15) is 5.56 Å². The van der Waals surface area contributed by atoms with Crippen molar-refractivity contribution in [2.45, 2.75) is 13.1 Å². The summed E-state index contributed by atoms with van der Waals surface area (Å²) < 4.78 is 37.1. The number of alkyl halides is 3. The van der Waals surface area contributed by atoms with Crippen LogP contribution in [0.3, 0.4) is 0 Å². The number of benzene rings is 1. The lowest BCUT2D eigenvalue weighted by molar-refractivity contribution is -0.214. The molecule has 0 fully saturated rings. The van der Waals surface area contributed by atoms with Gasteiger partial charge >= 0.3 is 12.1 Å². The third kappa shape index (κ3) is 3.16. The van der Waals surface area contributed by atoms with Crippen molar-refractivity contribution in [3.8, 4) is 5.75 Å². The summed E-state index contributed by atoms with van der Waals surface area (Å²) in [6.07, 6.45) is -4.54. The zero-order valence-corrected chi connectivity index (χ0v) is 7.67. The molecule has 6 heteroatoms. The smallest absolute Gasteiger partial charge is 0.286 e. The summed E-state index contributed by atoms with van der Waals surface area (Å²) in [4.78, 5) is 18.6. The fourth-order valence-electron chi connectivity index (χ4n) is 0.877. The molecule has 0 spiro atoms. The van der Waals surface area contributed by atoms with Gasteiger partial charge in [-0.1, -0.05) is 12.1 Å². The fourth-order valence-corrected chi connectivity index (χ4v) is 0.877. The molecule has 0 radical (unpaired) electrons. The Balaban J connectivity index is 2.92. The molecule has 0 N–H and O–H groups in total.